The van der Waals surface area contributed by atoms with Crippen LogP contribution in [-0.2, 0) is 11.3 Å². The number of benzene rings is 1. The maximum absolute atomic E-state index is 12.8. The zero-order chi connectivity index (χ0) is 16.7. The first-order chi connectivity index (χ1) is 11.6. The number of nitrogens with one attached hydrogen (secondary N) is 1. The number of fused-ring (bicyclic) bond motifs is 1. The lowest BCUT2D eigenvalue weighted by atomic mass is 10.0. The average Bonchev–Trinajstić information content (AvgIpc) is 3.27. The quantitative estimate of drug-likeness (QED) is 0.805. The fourth-order valence-electron chi connectivity index (χ4n) is 3.62. The molecule has 0 radical (unpaired) electrons. The van der Waals surface area contributed by atoms with Crippen molar-refractivity contribution < 1.29 is 4.79 Å². The van der Waals surface area contributed by atoms with E-state index < -0.39 is 0 Å². The topological polar surface area (TPSA) is 66.8 Å². The predicted octanol–water partition coefficient (Wildman–Crippen LogP) is 2.39. The summed E-state index contributed by atoms with van der Waals surface area (Å²) in [7, 11) is 0. The minimum atomic E-state index is 0.154. The third-order valence-corrected chi connectivity index (χ3v) is 4.96. The molecule has 1 saturated heterocycles. The van der Waals surface area contributed by atoms with Crippen LogP contribution in [-0.4, -0.2) is 43.6 Å². The number of hydrogen-bond acceptors (Lipinski definition) is 3. The zero-order valence-electron chi connectivity index (χ0n) is 14.0. The van der Waals surface area contributed by atoms with Crippen LogP contribution in [0.4, 0.5) is 0 Å². The number of aryl methyl sites for hydroxylation is 2. The van der Waals surface area contributed by atoms with Crippen LogP contribution in [0.25, 0.3) is 11.0 Å². The molecule has 1 N–H and O–H groups in total. The number of para-hydroxylation sites is 2. The normalized spacial score (nSPS) is 17.8. The maximum atomic E-state index is 12.8. The highest BCUT2D eigenvalue weighted by Crippen LogP contribution is 2.28. The number of amides is 1. The number of likely N-dealkylation sites (tertiary alicyclic amines) is 1. The van der Waals surface area contributed by atoms with Crippen molar-refractivity contribution in [3.05, 3.63) is 47.5 Å². The lowest BCUT2D eigenvalue weighted by Crippen LogP contribution is -2.32. The Balaban J connectivity index is 1.51. The van der Waals surface area contributed by atoms with Crippen molar-refractivity contribution in [2.45, 2.75) is 32.7 Å². The Kier molecular flexibility index (Phi) is 3.59. The van der Waals surface area contributed by atoms with Gasteiger partial charge in [0.1, 0.15) is 12.4 Å². The average molecular weight is 323 g/mol. The van der Waals surface area contributed by atoms with Crippen LogP contribution in [0.3, 0.4) is 0 Å². The Bertz CT molecular complexity index is 894. The number of hydrogen-bond donors (Lipinski definition) is 1. The van der Waals surface area contributed by atoms with E-state index in [-0.39, 0.29) is 5.91 Å². The van der Waals surface area contributed by atoms with E-state index in [0.29, 0.717) is 12.5 Å². The van der Waals surface area contributed by atoms with E-state index in [9.17, 15) is 4.79 Å². The Hall–Kier alpha value is -2.63. The number of rotatable bonds is 3. The van der Waals surface area contributed by atoms with Gasteiger partial charge in [-0.05, 0) is 38.0 Å². The number of carbonyl (C=O) groups is 1. The van der Waals surface area contributed by atoms with Gasteiger partial charge in [-0.2, -0.15) is 5.10 Å². The van der Waals surface area contributed by atoms with Crippen molar-refractivity contribution in [3.63, 3.8) is 0 Å². The van der Waals surface area contributed by atoms with Gasteiger partial charge in [0.05, 0.1) is 17.2 Å². The molecule has 0 saturated carbocycles. The molecule has 1 fully saturated rings. The summed E-state index contributed by atoms with van der Waals surface area (Å²) < 4.78 is 2.01. The van der Waals surface area contributed by atoms with Gasteiger partial charge in [-0.3, -0.25) is 9.89 Å². The van der Waals surface area contributed by atoms with Crippen LogP contribution in [0, 0.1) is 13.8 Å². The fraction of sp³-hybridized carbons (Fsp3) is 0.389. The SMILES string of the molecule is Cc1cn[nH]c1[C@H]1CCN(C(=O)Cn2c(C)nc3ccccc32)C1. The highest BCUT2D eigenvalue weighted by molar-refractivity contribution is 5.81. The van der Waals surface area contributed by atoms with Gasteiger partial charge in [0, 0.05) is 24.7 Å². The smallest absolute Gasteiger partial charge is 0.242 e. The lowest BCUT2D eigenvalue weighted by molar-refractivity contribution is -0.130. The molecule has 6 heteroatoms. The summed E-state index contributed by atoms with van der Waals surface area (Å²) in [6.07, 6.45) is 2.83. The summed E-state index contributed by atoms with van der Waals surface area (Å²) >= 11 is 0. The second kappa shape index (κ2) is 5.78. The molecule has 24 heavy (non-hydrogen) atoms. The Morgan fingerprint density at radius 1 is 1.33 bits per heavy atom. The number of carbonyl (C=O) groups excluding carboxylic acids is 1. The monoisotopic (exact) mass is 323 g/mol. The second-order valence-corrected chi connectivity index (χ2v) is 6.53. The number of aromatic amines is 1. The molecule has 2 aromatic heterocycles. The molecule has 0 aliphatic carbocycles. The molecule has 0 unspecified atom stereocenters. The molecule has 1 aromatic carbocycles. The van der Waals surface area contributed by atoms with Gasteiger partial charge in [0.25, 0.3) is 0 Å². The molecule has 6 nitrogen and oxygen atoms in total. The van der Waals surface area contributed by atoms with Gasteiger partial charge in [0.2, 0.25) is 5.91 Å². The minimum absolute atomic E-state index is 0.154. The van der Waals surface area contributed by atoms with E-state index in [0.717, 1.165) is 42.1 Å². The molecule has 1 amide bonds. The van der Waals surface area contributed by atoms with Crippen LogP contribution in [0.5, 0.6) is 0 Å². The predicted molar refractivity (Wildman–Crippen MR) is 91.7 cm³/mol. The van der Waals surface area contributed by atoms with Crippen molar-refractivity contribution >= 4 is 16.9 Å². The van der Waals surface area contributed by atoms with Gasteiger partial charge in [-0.25, -0.2) is 4.98 Å². The van der Waals surface area contributed by atoms with Gasteiger partial charge < -0.3 is 9.47 Å². The van der Waals surface area contributed by atoms with Crippen LogP contribution in [0.1, 0.15) is 29.4 Å². The molecule has 3 aromatic rings. The summed E-state index contributed by atoms with van der Waals surface area (Å²) in [6, 6.07) is 7.95. The standard InChI is InChI=1S/C18H21N5O/c1-12-9-19-21-18(12)14-7-8-22(10-14)17(24)11-23-13(2)20-15-5-3-4-6-16(15)23/h3-6,9,14H,7-8,10-11H2,1-2H3,(H,19,21)/t14-/m0/s1. The van der Waals surface area contributed by atoms with E-state index in [4.69, 9.17) is 0 Å². The summed E-state index contributed by atoms with van der Waals surface area (Å²) in [5.41, 5.74) is 4.29. The van der Waals surface area contributed by atoms with Crippen molar-refractivity contribution in [1.29, 1.82) is 0 Å². The van der Waals surface area contributed by atoms with Crippen LogP contribution >= 0.6 is 0 Å². The van der Waals surface area contributed by atoms with Crippen molar-refractivity contribution in [3.8, 4) is 0 Å². The summed E-state index contributed by atoms with van der Waals surface area (Å²) in [6.45, 7) is 5.92. The number of H-pyrrole nitrogens is 1. The lowest BCUT2D eigenvalue weighted by Gasteiger charge is -2.17. The molecule has 1 aliphatic rings. The highest BCUT2D eigenvalue weighted by Gasteiger charge is 2.29. The largest absolute Gasteiger partial charge is 0.340 e. The fourth-order valence-corrected chi connectivity index (χ4v) is 3.62. The van der Waals surface area contributed by atoms with Crippen LogP contribution in [0.2, 0.25) is 0 Å². The van der Waals surface area contributed by atoms with E-state index in [1.54, 1.807) is 0 Å². The first kappa shape index (κ1) is 14.9. The van der Waals surface area contributed by atoms with E-state index in [2.05, 4.69) is 22.1 Å². The van der Waals surface area contributed by atoms with Crippen molar-refractivity contribution in [2.75, 3.05) is 13.1 Å². The Morgan fingerprint density at radius 2 is 2.17 bits per heavy atom. The molecule has 3 heterocycles. The molecular formula is C18H21N5O. The second-order valence-electron chi connectivity index (χ2n) is 6.53. The summed E-state index contributed by atoms with van der Waals surface area (Å²) in [5, 5.41) is 7.18. The first-order valence-corrected chi connectivity index (χ1v) is 8.33. The zero-order valence-corrected chi connectivity index (χ0v) is 14.0. The number of nitrogens with zero attached hydrogens (tertiary/aromatic N) is 4. The van der Waals surface area contributed by atoms with E-state index in [1.165, 1.54) is 5.56 Å². The van der Waals surface area contributed by atoms with Crippen LogP contribution in [0.15, 0.2) is 30.5 Å². The molecule has 0 spiro atoms. The van der Waals surface area contributed by atoms with Crippen molar-refractivity contribution in [1.82, 2.24) is 24.6 Å². The number of imidazole rings is 1. The Morgan fingerprint density at radius 3 is 2.96 bits per heavy atom. The van der Waals surface area contributed by atoms with Crippen LogP contribution < -0.4 is 0 Å². The van der Waals surface area contributed by atoms with Gasteiger partial charge >= 0.3 is 0 Å². The number of aromatic nitrogens is 4. The van der Waals surface area contributed by atoms with Gasteiger partial charge in [0.15, 0.2) is 0 Å². The summed E-state index contributed by atoms with van der Waals surface area (Å²) in [4.78, 5) is 19.3. The maximum Gasteiger partial charge on any atom is 0.242 e. The molecule has 1 aliphatic heterocycles. The van der Waals surface area contributed by atoms with E-state index in [1.807, 2.05) is 46.9 Å². The van der Waals surface area contributed by atoms with Gasteiger partial charge in [-0.15, -0.1) is 0 Å². The Labute approximate surface area is 140 Å². The third-order valence-electron chi connectivity index (χ3n) is 4.96. The minimum Gasteiger partial charge on any atom is -0.340 e. The van der Waals surface area contributed by atoms with Gasteiger partial charge in [-0.1, -0.05) is 12.1 Å². The molecule has 1 atom stereocenters. The van der Waals surface area contributed by atoms with E-state index >= 15 is 0 Å². The summed E-state index contributed by atoms with van der Waals surface area (Å²) in [5.74, 6) is 1.39. The highest BCUT2D eigenvalue weighted by atomic mass is 16.2. The molecular weight excluding hydrogens is 302 g/mol. The van der Waals surface area contributed by atoms with Crippen molar-refractivity contribution in [2.24, 2.45) is 0 Å². The molecule has 0 bridgehead atoms. The molecule has 4 rings (SSSR count). The third kappa shape index (κ3) is 2.48. The molecule has 124 valence electrons. The first-order valence-electron chi connectivity index (χ1n) is 8.33.